The number of halogens is 3. The van der Waals surface area contributed by atoms with E-state index in [0.717, 1.165) is 19.3 Å². The van der Waals surface area contributed by atoms with Crippen molar-refractivity contribution in [3.8, 4) is 0 Å². The number of rotatable bonds is 5. The van der Waals surface area contributed by atoms with E-state index >= 15 is 0 Å². The Morgan fingerprint density at radius 1 is 1.35 bits per heavy atom. The minimum absolute atomic E-state index is 0.229. The second-order valence-electron chi connectivity index (χ2n) is 3.99. The van der Waals surface area contributed by atoms with Gasteiger partial charge in [0.25, 0.3) is 0 Å². The molecule has 0 atom stereocenters. The molecule has 1 aromatic rings. The number of nitrogens with zero attached hydrogens (tertiary/aromatic N) is 2. The van der Waals surface area contributed by atoms with Crippen LogP contribution >= 0.6 is 0 Å². The normalized spacial score (nSPS) is 12.5. The lowest BCUT2D eigenvalue weighted by molar-refractivity contribution is -0.142. The lowest BCUT2D eigenvalue weighted by atomic mass is 10.1. The molecular weight excluding hydrogens is 229 g/mol. The lowest BCUT2D eigenvalue weighted by Crippen LogP contribution is -2.09. The summed E-state index contributed by atoms with van der Waals surface area (Å²) in [6, 6.07) is 0. The molecule has 0 amide bonds. The van der Waals surface area contributed by atoms with Crippen LogP contribution in [0.4, 0.5) is 13.2 Å². The van der Waals surface area contributed by atoms with Crippen LogP contribution in [-0.2, 0) is 19.6 Å². The molecule has 1 aromatic heterocycles. The molecule has 0 aliphatic rings. The highest BCUT2D eigenvalue weighted by molar-refractivity contribution is 5.22. The van der Waals surface area contributed by atoms with Crippen LogP contribution in [0.25, 0.3) is 0 Å². The number of aromatic nitrogens is 2. The molecule has 0 saturated heterocycles. The number of hydrogen-bond acceptors (Lipinski definition) is 1. The number of unbranched alkanes of at least 4 members (excludes halogenated alkanes) is 2. The molecule has 1 heterocycles. The van der Waals surface area contributed by atoms with Crippen LogP contribution in [0.2, 0.25) is 0 Å². The number of aryl methyl sites for hydroxylation is 1. The first-order valence-electron chi connectivity index (χ1n) is 5.70. The van der Waals surface area contributed by atoms with E-state index in [-0.39, 0.29) is 12.0 Å². The minimum Gasteiger partial charge on any atom is -0.275 e. The maximum absolute atomic E-state index is 12.6. The molecule has 0 fully saturated rings. The summed E-state index contributed by atoms with van der Waals surface area (Å²) in [5.74, 6) is 0. The fourth-order valence-corrected chi connectivity index (χ4v) is 1.58. The maximum Gasteiger partial charge on any atom is 0.435 e. The molecule has 0 aromatic carbocycles. The maximum atomic E-state index is 12.6. The third-order valence-corrected chi connectivity index (χ3v) is 2.40. The summed E-state index contributed by atoms with van der Waals surface area (Å²) in [4.78, 5) is 0. The summed E-state index contributed by atoms with van der Waals surface area (Å²) < 4.78 is 39.0. The molecule has 0 bridgehead atoms. The van der Waals surface area contributed by atoms with Crippen LogP contribution < -0.4 is 0 Å². The van der Waals surface area contributed by atoms with E-state index in [1.807, 2.05) is 6.08 Å². The van der Waals surface area contributed by atoms with Crippen molar-refractivity contribution in [2.45, 2.75) is 38.8 Å². The smallest absolute Gasteiger partial charge is 0.275 e. The van der Waals surface area contributed by atoms with E-state index in [9.17, 15) is 13.2 Å². The lowest BCUT2D eigenvalue weighted by Gasteiger charge is -2.03. The number of alkyl halides is 3. The fraction of sp³-hybridized carbons (Fsp3) is 0.583. The first-order valence-corrected chi connectivity index (χ1v) is 5.70. The Morgan fingerprint density at radius 3 is 2.65 bits per heavy atom. The SMILES string of the molecule is CCCC/C=C/Cc1cn(C)nc1C(F)(F)F. The Labute approximate surface area is 99.1 Å². The average molecular weight is 246 g/mol. The summed E-state index contributed by atoms with van der Waals surface area (Å²) >= 11 is 0. The Hall–Kier alpha value is -1.26. The van der Waals surface area contributed by atoms with Gasteiger partial charge in [0.15, 0.2) is 5.69 Å². The van der Waals surface area contributed by atoms with Gasteiger partial charge >= 0.3 is 6.18 Å². The van der Waals surface area contributed by atoms with Gasteiger partial charge in [-0.15, -0.1) is 0 Å². The second kappa shape index (κ2) is 5.89. The van der Waals surface area contributed by atoms with Gasteiger partial charge in [-0.1, -0.05) is 31.9 Å². The van der Waals surface area contributed by atoms with Crippen LogP contribution in [0.5, 0.6) is 0 Å². The Balaban J connectivity index is 2.68. The molecule has 96 valence electrons. The van der Waals surface area contributed by atoms with Crippen LogP contribution in [0.3, 0.4) is 0 Å². The van der Waals surface area contributed by atoms with Gasteiger partial charge in [0.05, 0.1) is 0 Å². The topological polar surface area (TPSA) is 17.8 Å². The van der Waals surface area contributed by atoms with Crippen LogP contribution in [0, 0.1) is 0 Å². The Morgan fingerprint density at radius 2 is 2.06 bits per heavy atom. The third kappa shape index (κ3) is 4.24. The van der Waals surface area contributed by atoms with Gasteiger partial charge in [-0.25, -0.2) is 0 Å². The van der Waals surface area contributed by atoms with Crippen molar-refractivity contribution in [3.63, 3.8) is 0 Å². The van der Waals surface area contributed by atoms with Crippen molar-refractivity contribution in [2.24, 2.45) is 7.05 Å². The zero-order valence-electron chi connectivity index (χ0n) is 10.1. The molecule has 1 rings (SSSR count). The van der Waals surface area contributed by atoms with Crippen molar-refractivity contribution in [2.75, 3.05) is 0 Å². The van der Waals surface area contributed by atoms with Crippen molar-refractivity contribution < 1.29 is 13.2 Å². The number of allylic oxidation sites excluding steroid dienone is 2. The zero-order valence-corrected chi connectivity index (χ0v) is 10.1. The molecule has 0 aliphatic heterocycles. The minimum atomic E-state index is -4.37. The molecule has 5 heteroatoms. The molecule has 0 aliphatic carbocycles. The van der Waals surface area contributed by atoms with Gasteiger partial charge in [0, 0.05) is 18.8 Å². The van der Waals surface area contributed by atoms with Gasteiger partial charge in [-0.05, 0) is 12.8 Å². The van der Waals surface area contributed by atoms with Crippen LogP contribution in [-0.4, -0.2) is 9.78 Å². The molecule has 0 unspecified atom stereocenters. The van der Waals surface area contributed by atoms with Crippen molar-refractivity contribution >= 4 is 0 Å². The van der Waals surface area contributed by atoms with E-state index < -0.39 is 11.9 Å². The van der Waals surface area contributed by atoms with Crippen LogP contribution in [0.15, 0.2) is 18.3 Å². The van der Waals surface area contributed by atoms with Crippen molar-refractivity contribution in [1.29, 1.82) is 0 Å². The number of hydrogen-bond donors (Lipinski definition) is 0. The summed E-state index contributed by atoms with van der Waals surface area (Å²) in [5.41, 5.74) is -0.548. The largest absolute Gasteiger partial charge is 0.435 e. The quantitative estimate of drug-likeness (QED) is 0.571. The predicted octanol–water partition coefficient (Wildman–Crippen LogP) is 3.73. The first-order chi connectivity index (χ1) is 7.95. The van der Waals surface area contributed by atoms with Gasteiger partial charge in [0.1, 0.15) is 0 Å². The second-order valence-corrected chi connectivity index (χ2v) is 3.99. The fourth-order valence-electron chi connectivity index (χ4n) is 1.58. The van der Waals surface area contributed by atoms with E-state index in [0.29, 0.717) is 0 Å². The summed E-state index contributed by atoms with van der Waals surface area (Å²) in [7, 11) is 1.50. The summed E-state index contributed by atoms with van der Waals surface area (Å²) in [5, 5.41) is 3.45. The van der Waals surface area contributed by atoms with Crippen molar-refractivity contribution in [3.05, 3.63) is 29.6 Å². The standard InChI is InChI=1S/C12H17F3N2/c1-3-4-5-6-7-8-10-9-17(2)16-11(10)12(13,14)15/h6-7,9H,3-5,8H2,1-2H3/b7-6+. The van der Waals surface area contributed by atoms with Gasteiger partial charge in [-0.2, -0.15) is 18.3 Å². The highest BCUT2D eigenvalue weighted by Crippen LogP contribution is 2.30. The van der Waals surface area contributed by atoms with Gasteiger partial charge in [-0.3, -0.25) is 4.68 Å². The van der Waals surface area contributed by atoms with E-state index in [1.54, 1.807) is 6.08 Å². The highest BCUT2D eigenvalue weighted by Gasteiger charge is 2.36. The van der Waals surface area contributed by atoms with Gasteiger partial charge in [0.2, 0.25) is 0 Å². The first kappa shape index (κ1) is 13.8. The molecule has 0 saturated carbocycles. The Kier molecular flexibility index (Phi) is 4.78. The zero-order chi connectivity index (χ0) is 12.9. The molecule has 0 N–H and O–H groups in total. The van der Waals surface area contributed by atoms with E-state index in [4.69, 9.17) is 0 Å². The van der Waals surface area contributed by atoms with Crippen molar-refractivity contribution in [1.82, 2.24) is 9.78 Å². The third-order valence-electron chi connectivity index (χ3n) is 2.40. The molecule has 0 radical (unpaired) electrons. The van der Waals surface area contributed by atoms with E-state index in [2.05, 4.69) is 12.0 Å². The van der Waals surface area contributed by atoms with E-state index in [1.165, 1.54) is 17.9 Å². The van der Waals surface area contributed by atoms with Crippen LogP contribution in [0.1, 0.15) is 37.4 Å². The molecule has 0 spiro atoms. The summed E-state index contributed by atoms with van der Waals surface area (Å²) in [6.45, 7) is 2.08. The Bertz CT molecular complexity index is 378. The summed E-state index contributed by atoms with van der Waals surface area (Å²) in [6.07, 6.45) is 4.12. The van der Waals surface area contributed by atoms with Gasteiger partial charge < -0.3 is 0 Å². The average Bonchev–Trinajstić information content (AvgIpc) is 2.59. The molecule has 2 nitrogen and oxygen atoms in total. The monoisotopic (exact) mass is 246 g/mol. The molecular formula is C12H17F3N2. The highest BCUT2D eigenvalue weighted by atomic mass is 19.4. The molecule has 17 heavy (non-hydrogen) atoms. The predicted molar refractivity (Wildman–Crippen MR) is 60.6 cm³/mol.